The van der Waals surface area contributed by atoms with Gasteiger partial charge in [0.2, 0.25) is 0 Å². The standard InChI is InChI=1S/C11H13O.3C4H9.Sn/c1-2-3-9-12-10-11-7-5-4-6-8-11;3*1-3-4-2;/h2-9H,10H2,1H3;3*1,3-4H2,2H3;/b9-3-;;;;. The van der Waals surface area contributed by atoms with Gasteiger partial charge in [0.25, 0.3) is 0 Å². The number of rotatable bonds is 14. The van der Waals surface area contributed by atoms with Gasteiger partial charge in [0.1, 0.15) is 0 Å². The molecule has 0 saturated carbocycles. The molecular formula is C23H40OSn. The second kappa shape index (κ2) is 13.7. The Labute approximate surface area is 161 Å². The Morgan fingerprint density at radius 3 is 1.88 bits per heavy atom. The third kappa shape index (κ3) is 8.66. The summed E-state index contributed by atoms with van der Waals surface area (Å²) in [6.07, 6.45) is 12.8. The molecule has 142 valence electrons. The molecule has 1 atom stereocenters. The van der Waals surface area contributed by atoms with Gasteiger partial charge in [-0.25, -0.2) is 0 Å². The molecule has 1 unspecified atom stereocenters. The zero-order chi connectivity index (χ0) is 18.4. The molecule has 1 aromatic carbocycles. The minimum atomic E-state index is -2.13. The normalized spacial score (nSPS) is 13.3. The number of unbranched alkanes of at least 4 members (excludes halogenated alkanes) is 3. The first kappa shape index (κ1) is 22.6. The zero-order valence-electron chi connectivity index (χ0n) is 17.1. The molecule has 0 radical (unpaired) electrons. The van der Waals surface area contributed by atoms with E-state index in [1.165, 1.54) is 44.1 Å². The predicted molar refractivity (Wildman–Crippen MR) is 115 cm³/mol. The molecule has 0 aromatic heterocycles. The zero-order valence-corrected chi connectivity index (χ0v) is 20.0. The van der Waals surface area contributed by atoms with E-state index in [2.05, 4.69) is 64.1 Å². The molecular weight excluding hydrogens is 411 g/mol. The van der Waals surface area contributed by atoms with Gasteiger partial charge in [-0.1, -0.05) is 0 Å². The summed E-state index contributed by atoms with van der Waals surface area (Å²) >= 11 is -2.13. The van der Waals surface area contributed by atoms with Crippen LogP contribution in [0.5, 0.6) is 0 Å². The second-order valence-corrected chi connectivity index (χ2v) is 22.2. The molecule has 0 amide bonds. The van der Waals surface area contributed by atoms with Crippen molar-refractivity contribution in [1.82, 2.24) is 0 Å². The van der Waals surface area contributed by atoms with Crippen LogP contribution < -0.4 is 0 Å². The van der Waals surface area contributed by atoms with Gasteiger partial charge in [0.15, 0.2) is 0 Å². The summed E-state index contributed by atoms with van der Waals surface area (Å²) in [6.45, 7) is 10.2. The third-order valence-corrected chi connectivity index (χ3v) is 23.2. The van der Waals surface area contributed by atoms with Crippen molar-refractivity contribution < 1.29 is 4.74 Å². The second-order valence-electron chi connectivity index (χ2n) is 7.59. The van der Waals surface area contributed by atoms with Gasteiger partial charge in [0, 0.05) is 0 Å². The fourth-order valence-corrected chi connectivity index (χ4v) is 20.2. The van der Waals surface area contributed by atoms with Crippen LogP contribution in [0.3, 0.4) is 0 Å². The summed E-state index contributed by atoms with van der Waals surface area (Å²) in [5.74, 6) is 0. The van der Waals surface area contributed by atoms with Crippen LogP contribution in [0.4, 0.5) is 0 Å². The number of benzene rings is 1. The number of hydrogen-bond acceptors (Lipinski definition) is 1. The van der Waals surface area contributed by atoms with Crippen LogP contribution in [-0.4, -0.2) is 18.4 Å². The summed E-state index contributed by atoms with van der Waals surface area (Å²) in [5, 5.41) is 0. The van der Waals surface area contributed by atoms with E-state index in [4.69, 9.17) is 4.74 Å². The molecule has 0 bridgehead atoms. The Morgan fingerprint density at radius 1 is 0.880 bits per heavy atom. The van der Waals surface area contributed by atoms with Crippen LogP contribution >= 0.6 is 0 Å². The fourth-order valence-electron chi connectivity index (χ4n) is 3.74. The van der Waals surface area contributed by atoms with Crippen molar-refractivity contribution in [3.05, 3.63) is 48.2 Å². The SMILES string of the molecule is CCC[CH2][Sn]([CH2]CCC)([CH2]CCC)[CH](C)/C=C\OCc1ccccc1. The van der Waals surface area contributed by atoms with E-state index in [0.29, 0.717) is 6.61 Å². The van der Waals surface area contributed by atoms with Crippen molar-refractivity contribution in [2.24, 2.45) is 0 Å². The van der Waals surface area contributed by atoms with Crippen molar-refractivity contribution in [1.29, 1.82) is 0 Å². The summed E-state index contributed by atoms with van der Waals surface area (Å²) in [7, 11) is 0. The van der Waals surface area contributed by atoms with Gasteiger partial charge < -0.3 is 0 Å². The van der Waals surface area contributed by atoms with E-state index in [1.54, 1.807) is 13.3 Å². The minimum absolute atomic E-state index is 0.686. The van der Waals surface area contributed by atoms with Gasteiger partial charge in [-0.2, -0.15) is 0 Å². The molecule has 1 aromatic rings. The van der Waals surface area contributed by atoms with Gasteiger partial charge >= 0.3 is 161 Å². The summed E-state index contributed by atoms with van der Waals surface area (Å²) in [6, 6.07) is 10.5. The maximum absolute atomic E-state index is 5.85. The third-order valence-electron chi connectivity index (χ3n) is 5.61. The summed E-state index contributed by atoms with van der Waals surface area (Å²) in [5.41, 5.74) is 1.25. The maximum atomic E-state index is 5.85. The Kier molecular flexibility index (Phi) is 12.4. The van der Waals surface area contributed by atoms with Crippen LogP contribution in [0, 0.1) is 0 Å². The Bertz CT molecular complexity index is 433. The Balaban J connectivity index is 2.69. The van der Waals surface area contributed by atoms with Gasteiger partial charge in [-0.3, -0.25) is 0 Å². The van der Waals surface area contributed by atoms with Crippen LogP contribution in [0.1, 0.15) is 71.8 Å². The summed E-state index contributed by atoms with van der Waals surface area (Å²) < 4.78 is 11.3. The van der Waals surface area contributed by atoms with E-state index in [0.717, 1.165) is 3.93 Å². The van der Waals surface area contributed by atoms with Crippen molar-refractivity contribution in [3.63, 3.8) is 0 Å². The quantitative estimate of drug-likeness (QED) is 0.206. The molecule has 0 heterocycles. The van der Waals surface area contributed by atoms with Crippen molar-refractivity contribution >= 4 is 18.4 Å². The van der Waals surface area contributed by atoms with Crippen LogP contribution in [0.15, 0.2) is 42.7 Å². The Morgan fingerprint density at radius 2 is 1.40 bits per heavy atom. The fraction of sp³-hybridized carbons (Fsp3) is 0.652. The number of ether oxygens (including phenoxy) is 1. The van der Waals surface area contributed by atoms with Gasteiger partial charge in [0.05, 0.1) is 0 Å². The van der Waals surface area contributed by atoms with Crippen molar-refractivity contribution in [2.45, 2.75) is 90.1 Å². The first-order valence-electron chi connectivity index (χ1n) is 10.5. The molecule has 0 saturated heterocycles. The monoisotopic (exact) mass is 452 g/mol. The first-order chi connectivity index (χ1) is 12.2. The summed E-state index contributed by atoms with van der Waals surface area (Å²) in [4.78, 5) is 0. The molecule has 0 N–H and O–H groups in total. The molecule has 25 heavy (non-hydrogen) atoms. The van der Waals surface area contributed by atoms with Crippen molar-refractivity contribution in [3.8, 4) is 0 Å². The predicted octanol–water partition coefficient (Wildman–Crippen LogP) is 7.96. The van der Waals surface area contributed by atoms with E-state index in [-0.39, 0.29) is 0 Å². The van der Waals surface area contributed by atoms with Crippen LogP contribution in [0.25, 0.3) is 0 Å². The van der Waals surface area contributed by atoms with E-state index < -0.39 is 18.4 Å². The number of allylic oxidation sites excluding steroid dienone is 1. The average molecular weight is 451 g/mol. The van der Waals surface area contributed by atoms with E-state index in [9.17, 15) is 0 Å². The van der Waals surface area contributed by atoms with Crippen LogP contribution in [0.2, 0.25) is 17.2 Å². The van der Waals surface area contributed by atoms with Gasteiger partial charge in [-0.05, 0) is 0 Å². The van der Waals surface area contributed by atoms with Gasteiger partial charge in [-0.15, -0.1) is 0 Å². The molecule has 0 aliphatic heterocycles. The average Bonchev–Trinajstić information content (AvgIpc) is 2.65. The topological polar surface area (TPSA) is 9.23 Å². The number of hydrogen-bond donors (Lipinski definition) is 0. The first-order valence-corrected chi connectivity index (χ1v) is 18.2. The molecule has 1 rings (SSSR count). The molecule has 0 spiro atoms. The van der Waals surface area contributed by atoms with Crippen molar-refractivity contribution in [2.75, 3.05) is 0 Å². The molecule has 2 heteroatoms. The molecule has 0 fully saturated rings. The molecule has 0 aliphatic rings. The molecule has 1 nitrogen and oxygen atoms in total. The van der Waals surface area contributed by atoms with Crippen LogP contribution in [-0.2, 0) is 11.3 Å². The Hall–Kier alpha value is -0.441. The van der Waals surface area contributed by atoms with E-state index in [1.807, 2.05) is 6.26 Å². The van der Waals surface area contributed by atoms with E-state index >= 15 is 0 Å². The molecule has 0 aliphatic carbocycles.